The first-order valence-electron chi connectivity index (χ1n) is 10.3. The van der Waals surface area contributed by atoms with Crippen LogP contribution in [0, 0.1) is 29.5 Å². The summed E-state index contributed by atoms with van der Waals surface area (Å²) in [5.41, 5.74) is 2.12. The third-order valence-electron chi connectivity index (χ3n) is 6.78. The number of halogens is 1. The third-order valence-corrected chi connectivity index (χ3v) is 6.78. The molecule has 0 spiro atoms. The second-order valence-corrected chi connectivity index (χ2v) is 8.93. The number of fused-ring (bicyclic) bond motifs is 2. The quantitative estimate of drug-likeness (QED) is 0.820. The Morgan fingerprint density at radius 3 is 2.48 bits per heavy atom. The molecule has 1 heterocycles. The van der Waals surface area contributed by atoms with Crippen LogP contribution in [0.4, 0.5) is 4.39 Å². The Balaban J connectivity index is 1.46. The van der Waals surface area contributed by atoms with E-state index in [2.05, 4.69) is 23.3 Å². The van der Waals surface area contributed by atoms with Crippen molar-refractivity contribution < 1.29 is 9.18 Å². The lowest BCUT2D eigenvalue weighted by atomic mass is 9.86. The molecule has 5 atom stereocenters. The number of hydrogen-bond donors (Lipinski definition) is 1. The molecule has 4 heteroatoms. The zero-order valence-corrected chi connectivity index (χ0v) is 16.4. The summed E-state index contributed by atoms with van der Waals surface area (Å²) in [6, 6.07) is 7.16. The molecule has 2 aromatic rings. The number of nitrogens with one attached hydrogen (secondary N) is 1. The highest BCUT2D eigenvalue weighted by Crippen LogP contribution is 2.54. The summed E-state index contributed by atoms with van der Waals surface area (Å²) in [5, 5.41) is 4.03. The first-order valence-corrected chi connectivity index (χ1v) is 10.3. The standard InChI is InChI=1S/C23H29FN2O/c1-13(2)26-23(27)14(3)15-8-16-10-18(11-17(16)9-15)20-6-7-25-22-5-4-19(24)12-21(20)22/h4-7,12-18H,8-11H2,1-3H3,(H,26,27)/t14?,15?,16-,17+,18?. The summed E-state index contributed by atoms with van der Waals surface area (Å²) in [4.78, 5) is 16.8. The predicted octanol–water partition coefficient (Wildman–Crippen LogP) is 5.05. The van der Waals surface area contributed by atoms with Gasteiger partial charge >= 0.3 is 0 Å². The average molecular weight is 368 g/mol. The molecule has 3 nitrogen and oxygen atoms in total. The van der Waals surface area contributed by atoms with E-state index in [4.69, 9.17) is 0 Å². The Morgan fingerprint density at radius 1 is 1.11 bits per heavy atom. The number of carbonyl (C=O) groups excluding carboxylic acids is 1. The molecule has 4 rings (SSSR count). The zero-order chi connectivity index (χ0) is 19.1. The van der Waals surface area contributed by atoms with E-state index in [1.165, 1.54) is 11.6 Å². The molecule has 144 valence electrons. The van der Waals surface area contributed by atoms with Crippen molar-refractivity contribution in [2.45, 2.75) is 58.4 Å². The molecular weight excluding hydrogens is 339 g/mol. The van der Waals surface area contributed by atoms with Crippen molar-refractivity contribution in [2.24, 2.45) is 23.7 Å². The number of pyridine rings is 1. The van der Waals surface area contributed by atoms with Gasteiger partial charge in [-0.25, -0.2) is 4.39 Å². The van der Waals surface area contributed by atoms with Crippen molar-refractivity contribution >= 4 is 16.8 Å². The van der Waals surface area contributed by atoms with Crippen molar-refractivity contribution in [1.29, 1.82) is 0 Å². The summed E-state index contributed by atoms with van der Waals surface area (Å²) in [6.07, 6.45) is 6.44. The third kappa shape index (κ3) is 3.59. The molecule has 0 bridgehead atoms. The molecule has 1 aromatic heterocycles. The highest BCUT2D eigenvalue weighted by molar-refractivity contribution is 5.82. The van der Waals surface area contributed by atoms with Crippen LogP contribution >= 0.6 is 0 Å². The van der Waals surface area contributed by atoms with Gasteiger partial charge in [0.05, 0.1) is 5.52 Å². The second-order valence-electron chi connectivity index (χ2n) is 8.93. The van der Waals surface area contributed by atoms with Gasteiger partial charge in [0.1, 0.15) is 5.82 Å². The highest BCUT2D eigenvalue weighted by Gasteiger charge is 2.44. The van der Waals surface area contributed by atoms with Gasteiger partial charge in [0.15, 0.2) is 0 Å². The van der Waals surface area contributed by atoms with Gasteiger partial charge in [0.2, 0.25) is 5.91 Å². The molecule has 1 amide bonds. The molecule has 27 heavy (non-hydrogen) atoms. The van der Waals surface area contributed by atoms with Crippen molar-refractivity contribution in [3.05, 3.63) is 41.8 Å². The van der Waals surface area contributed by atoms with Crippen molar-refractivity contribution in [3.8, 4) is 0 Å². The van der Waals surface area contributed by atoms with E-state index in [1.807, 2.05) is 20.0 Å². The van der Waals surface area contributed by atoms with E-state index in [0.29, 0.717) is 23.7 Å². The molecule has 2 aliphatic rings. The van der Waals surface area contributed by atoms with Crippen LogP contribution in [-0.2, 0) is 4.79 Å². The Morgan fingerprint density at radius 2 is 1.81 bits per heavy atom. The maximum Gasteiger partial charge on any atom is 0.223 e. The number of rotatable bonds is 4. The fourth-order valence-corrected chi connectivity index (χ4v) is 5.45. The molecule has 2 aliphatic carbocycles. The van der Waals surface area contributed by atoms with Crippen LogP contribution in [0.1, 0.15) is 57.9 Å². The average Bonchev–Trinajstić information content (AvgIpc) is 3.18. The number of hydrogen-bond acceptors (Lipinski definition) is 2. The van der Waals surface area contributed by atoms with Gasteiger partial charge in [-0.2, -0.15) is 0 Å². The lowest BCUT2D eigenvalue weighted by Gasteiger charge is -2.22. The SMILES string of the molecule is CC(C)NC(=O)C(C)C1C[C@H]2CC(c3ccnc4ccc(F)cc34)C[C@H]2C1. The van der Waals surface area contributed by atoms with Gasteiger partial charge < -0.3 is 5.32 Å². The number of amides is 1. The molecule has 1 aromatic carbocycles. The lowest BCUT2D eigenvalue weighted by molar-refractivity contribution is -0.126. The van der Waals surface area contributed by atoms with Crippen LogP contribution in [0.5, 0.6) is 0 Å². The molecule has 0 radical (unpaired) electrons. The number of benzene rings is 1. The monoisotopic (exact) mass is 368 g/mol. The molecular formula is C23H29FN2O. The lowest BCUT2D eigenvalue weighted by Crippen LogP contribution is -2.37. The van der Waals surface area contributed by atoms with Crippen LogP contribution in [0.2, 0.25) is 0 Å². The topological polar surface area (TPSA) is 42.0 Å². The number of nitrogens with zero attached hydrogens (tertiary/aromatic N) is 1. The van der Waals surface area contributed by atoms with Crippen LogP contribution in [0.25, 0.3) is 10.9 Å². The van der Waals surface area contributed by atoms with E-state index in [0.717, 1.165) is 36.6 Å². The number of carbonyl (C=O) groups is 1. The van der Waals surface area contributed by atoms with Crippen LogP contribution in [0.3, 0.4) is 0 Å². The molecule has 2 fully saturated rings. The molecule has 2 saturated carbocycles. The van der Waals surface area contributed by atoms with Gasteiger partial charge in [-0.05, 0) is 93.0 Å². The first kappa shape index (κ1) is 18.4. The van der Waals surface area contributed by atoms with Gasteiger partial charge in [-0.3, -0.25) is 9.78 Å². The first-order chi connectivity index (χ1) is 12.9. The smallest absolute Gasteiger partial charge is 0.223 e. The molecule has 0 aliphatic heterocycles. The van der Waals surface area contributed by atoms with Crippen molar-refractivity contribution in [1.82, 2.24) is 10.3 Å². The van der Waals surface area contributed by atoms with Crippen LogP contribution in [-0.4, -0.2) is 16.9 Å². The second kappa shape index (κ2) is 7.21. The Kier molecular flexibility index (Phi) is 4.92. The molecule has 3 unspecified atom stereocenters. The minimum Gasteiger partial charge on any atom is -0.354 e. The maximum absolute atomic E-state index is 13.8. The van der Waals surface area contributed by atoms with E-state index in [9.17, 15) is 9.18 Å². The zero-order valence-electron chi connectivity index (χ0n) is 16.4. The fraction of sp³-hybridized carbons (Fsp3) is 0.565. The Bertz CT molecular complexity index is 835. The van der Waals surface area contributed by atoms with E-state index in [-0.39, 0.29) is 23.7 Å². The molecule has 0 saturated heterocycles. The van der Waals surface area contributed by atoms with E-state index < -0.39 is 0 Å². The van der Waals surface area contributed by atoms with Crippen molar-refractivity contribution in [2.75, 3.05) is 0 Å². The summed E-state index contributed by atoms with van der Waals surface area (Å²) in [6.45, 7) is 6.11. The maximum atomic E-state index is 13.8. The summed E-state index contributed by atoms with van der Waals surface area (Å²) in [7, 11) is 0. The minimum atomic E-state index is -0.194. The van der Waals surface area contributed by atoms with Crippen LogP contribution < -0.4 is 5.32 Å². The highest BCUT2D eigenvalue weighted by atomic mass is 19.1. The van der Waals surface area contributed by atoms with E-state index >= 15 is 0 Å². The van der Waals surface area contributed by atoms with Gasteiger partial charge in [-0.1, -0.05) is 6.92 Å². The number of aromatic nitrogens is 1. The summed E-state index contributed by atoms with van der Waals surface area (Å²) < 4.78 is 13.8. The Labute approximate surface area is 160 Å². The summed E-state index contributed by atoms with van der Waals surface area (Å²) in [5.74, 6) is 2.44. The van der Waals surface area contributed by atoms with Gasteiger partial charge in [-0.15, -0.1) is 0 Å². The summed E-state index contributed by atoms with van der Waals surface area (Å²) >= 11 is 0. The van der Waals surface area contributed by atoms with Crippen molar-refractivity contribution in [3.63, 3.8) is 0 Å². The van der Waals surface area contributed by atoms with Gasteiger partial charge in [0, 0.05) is 23.5 Å². The van der Waals surface area contributed by atoms with Gasteiger partial charge in [0.25, 0.3) is 0 Å². The Hall–Kier alpha value is -1.97. The molecule has 1 N–H and O–H groups in total. The van der Waals surface area contributed by atoms with Crippen LogP contribution in [0.15, 0.2) is 30.5 Å². The normalized spacial score (nSPS) is 28.5. The van der Waals surface area contributed by atoms with E-state index in [1.54, 1.807) is 12.1 Å². The minimum absolute atomic E-state index is 0.0901. The fourth-order valence-electron chi connectivity index (χ4n) is 5.45. The largest absolute Gasteiger partial charge is 0.354 e. The predicted molar refractivity (Wildman–Crippen MR) is 106 cm³/mol.